The zero-order chi connectivity index (χ0) is 35.8. The Labute approximate surface area is 317 Å². The quantitative estimate of drug-likeness (QED) is 0.146. The van der Waals surface area contributed by atoms with Gasteiger partial charge >= 0.3 is 0 Å². The van der Waals surface area contributed by atoms with E-state index in [1.165, 1.54) is 67.0 Å². The Morgan fingerprint density at radius 1 is 0.278 bits per heavy atom. The van der Waals surface area contributed by atoms with Gasteiger partial charge in [-0.3, -0.25) is 0 Å². The van der Waals surface area contributed by atoms with Gasteiger partial charge in [0.25, 0.3) is 0 Å². The molecule has 0 saturated carbocycles. The Kier molecular flexibility index (Phi) is 8.00. The molecule has 0 bridgehead atoms. The van der Waals surface area contributed by atoms with Crippen LogP contribution in [-0.4, -0.2) is 0 Å². The molecular weight excluding hydrogens is 653 g/mol. The van der Waals surface area contributed by atoms with E-state index in [0.29, 0.717) is 0 Å². The van der Waals surface area contributed by atoms with Crippen molar-refractivity contribution in [2.24, 2.45) is 0 Å². The van der Waals surface area contributed by atoms with Gasteiger partial charge in [0.1, 0.15) is 0 Å². The highest BCUT2D eigenvalue weighted by atomic mass is 15.1. The number of hydrogen-bond acceptors (Lipinski definition) is 2. The van der Waals surface area contributed by atoms with E-state index in [4.69, 9.17) is 0 Å². The van der Waals surface area contributed by atoms with E-state index in [1.807, 2.05) is 0 Å². The summed E-state index contributed by atoms with van der Waals surface area (Å²) in [6.07, 6.45) is 6.40. The third-order valence-corrected chi connectivity index (χ3v) is 10.8. The molecule has 0 aromatic heterocycles. The normalized spacial score (nSPS) is 12.2. The number of fused-ring (bicyclic) bond motifs is 6. The van der Waals surface area contributed by atoms with Crippen LogP contribution in [0.1, 0.15) is 33.4 Å². The fourth-order valence-corrected chi connectivity index (χ4v) is 8.31. The summed E-state index contributed by atoms with van der Waals surface area (Å²) in [6, 6.07) is 70.3. The largest absolute Gasteiger partial charge is 0.310 e. The first-order valence-electron chi connectivity index (χ1n) is 18.8. The molecule has 8 aromatic carbocycles. The van der Waals surface area contributed by atoms with E-state index < -0.39 is 0 Å². The topological polar surface area (TPSA) is 6.48 Å². The van der Waals surface area contributed by atoms with E-state index >= 15 is 0 Å². The number of benzene rings is 8. The highest BCUT2D eigenvalue weighted by Gasteiger charge is 2.23. The van der Waals surface area contributed by atoms with Gasteiger partial charge in [0, 0.05) is 34.1 Å². The first-order chi connectivity index (χ1) is 26.7. The molecule has 2 nitrogen and oxygen atoms in total. The lowest BCUT2D eigenvalue weighted by atomic mass is 10.0. The Morgan fingerprint density at radius 3 is 0.907 bits per heavy atom. The van der Waals surface area contributed by atoms with E-state index in [2.05, 4.69) is 216 Å². The highest BCUT2D eigenvalue weighted by molar-refractivity contribution is 5.86. The Morgan fingerprint density at radius 2 is 0.574 bits per heavy atom. The van der Waals surface area contributed by atoms with Crippen LogP contribution >= 0.6 is 0 Å². The molecule has 0 amide bonds. The van der Waals surface area contributed by atoms with Crippen LogP contribution in [0.5, 0.6) is 0 Å². The molecule has 2 aliphatic rings. The van der Waals surface area contributed by atoms with Crippen molar-refractivity contribution < 1.29 is 0 Å². The lowest BCUT2D eigenvalue weighted by Gasteiger charge is -2.26. The van der Waals surface area contributed by atoms with Crippen LogP contribution in [0.25, 0.3) is 34.4 Å². The van der Waals surface area contributed by atoms with Crippen LogP contribution in [-0.2, 0) is 12.8 Å². The number of para-hydroxylation sites is 4. The third-order valence-electron chi connectivity index (χ3n) is 10.8. The van der Waals surface area contributed by atoms with Gasteiger partial charge in [-0.15, -0.1) is 0 Å². The first-order valence-corrected chi connectivity index (χ1v) is 18.8. The number of anilines is 6. The van der Waals surface area contributed by atoms with Crippen molar-refractivity contribution in [1.82, 2.24) is 0 Å². The minimum Gasteiger partial charge on any atom is -0.310 e. The molecule has 0 spiro atoms. The van der Waals surface area contributed by atoms with Crippen LogP contribution in [0.3, 0.4) is 0 Å². The molecule has 2 aliphatic carbocycles. The summed E-state index contributed by atoms with van der Waals surface area (Å²) in [7, 11) is 0. The van der Waals surface area contributed by atoms with Crippen LogP contribution in [0.15, 0.2) is 194 Å². The van der Waals surface area contributed by atoms with Gasteiger partial charge in [0.05, 0.1) is 0 Å². The minimum atomic E-state index is 0.933. The van der Waals surface area contributed by atoms with E-state index in [0.717, 1.165) is 35.6 Å². The summed E-state index contributed by atoms with van der Waals surface area (Å²) >= 11 is 0. The van der Waals surface area contributed by atoms with Crippen LogP contribution in [0, 0.1) is 0 Å². The second-order valence-corrected chi connectivity index (χ2v) is 14.2. The van der Waals surface area contributed by atoms with Gasteiger partial charge in [0.2, 0.25) is 0 Å². The van der Waals surface area contributed by atoms with Gasteiger partial charge in [-0.2, -0.15) is 0 Å². The molecule has 0 N–H and O–H groups in total. The molecule has 0 saturated heterocycles. The summed E-state index contributed by atoms with van der Waals surface area (Å²) in [4.78, 5) is 4.69. The smallest absolute Gasteiger partial charge is 0.0464 e. The molecule has 8 aromatic rings. The van der Waals surface area contributed by atoms with Crippen molar-refractivity contribution in [1.29, 1.82) is 0 Å². The van der Waals surface area contributed by atoms with E-state index in [-0.39, 0.29) is 0 Å². The number of hydrogen-bond donors (Lipinski definition) is 0. The van der Waals surface area contributed by atoms with E-state index in [1.54, 1.807) is 0 Å². The Hall–Kier alpha value is -6.90. The van der Waals surface area contributed by atoms with Gasteiger partial charge in [0.15, 0.2) is 0 Å². The van der Waals surface area contributed by atoms with Gasteiger partial charge in [-0.25, -0.2) is 0 Å². The summed E-state index contributed by atoms with van der Waals surface area (Å²) in [5.74, 6) is 0. The second-order valence-electron chi connectivity index (χ2n) is 14.2. The van der Waals surface area contributed by atoms with Gasteiger partial charge in [-0.1, -0.05) is 133 Å². The van der Waals surface area contributed by atoms with Crippen molar-refractivity contribution in [3.63, 3.8) is 0 Å². The molecule has 0 fully saturated rings. The predicted molar refractivity (Wildman–Crippen MR) is 228 cm³/mol. The van der Waals surface area contributed by atoms with Crippen molar-refractivity contribution in [3.05, 3.63) is 228 Å². The van der Waals surface area contributed by atoms with Crippen LogP contribution in [0.4, 0.5) is 34.1 Å². The summed E-state index contributed by atoms with van der Waals surface area (Å²) < 4.78 is 0. The van der Waals surface area contributed by atoms with Crippen molar-refractivity contribution in [2.75, 3.05) is 9.80 Å². The molecule has 0 unspecified atom stereocenters. The van der Waals surface area contributed by atoms with Crippen molar-refractivity contribution in [2.45, 2.75) is 12.8 Å². The average molecular weight is 691 g/mol. The maximum absolute atomic E-state index is 2.37. The molecule has 10 rings (SSSR count). The van der Waals surface area contributed by atoms with E-state index in [9.17, 15) is 0 Å². The highest BCUT2D eigenvalue weighted by Crippen LogP contribution is 2.44. The molecule has 2 heteroatoms. The fraction of sp³-hybridized carbons (Fsp3) is 0.0385. The van der Waals surface area contributed by atoms with Crippen LogP contribution in [0.2, 0.25) is 0 Å². The number of nitrogens with zero attached hydrogens (tertiary/aromatic N) is 2. The van der Waals surface area contributed by atoms with Crippen molar-refractivity contribution in [3.8, 4) is 22.3 Å². The summed E-state index contributed by atoms with van der Waals surface area (Å²) in [6.45, 7) is 0. The maximum Gasteiger partial charge on any atom is 0.0464 e. The lowest BCUT2D eigenvalue weighted by Crippen LogP contribution is -2.09. The number of rotatable bonds is 8. The average Bonchev–Trinajstić information content (AvgIpc) is 3.78. The second kappa shape index (κ2) is 13.6. The molecule has 0 atom stereocenters. The zero-order valence-electron chi connectivity index (χ0n) is 29.9. The summed E-state index contributed by atoms with van der Waals surface area (Å²) in [5, 5.41) is 0. The molecule has 0 radical (unpaired) electrons. The van der Waals surface area contributed by atoms with Crippen molar-refractivity contribution >= 4 is 46.3 Å². The fourth-order valence-electron chi connectivity index (χ4n) is 8.31. The monoisotopic (exact) mass is 690 g/mol. The Balaban J connectivity index is 0.884. The summed E-state index contributed by atoms with van der Waals surface area (Å²) in [5.41, 5.74) is 20.3. The SMILES string of the molecule is C(=Cc1ccc2c(c1)Cc1cc(N(c3ccccc3)c3ccccc3)ccc1-2)c1ccc2c(c1)Cc1cc(N(c3ccccc3)c3ccccc3)ccc1-2. The van der Waals surface area contributed by atoms with Gasteiger partial charge in [-0.05, 0) is 141 Å². The van der Waals surface area contributed by atoms with Crippen LogP contribution < -0.4 is 9.80 Å². The minimum absolute atomic E-state index is 0.933. The first kappa shape index (κ1) is 31.8. The Bertz CT molecular complexity index is 2380. The molecule has 54 heavy (non-hydrogen) atoms. The predicted octanol–water partition coefficient (Wildman–Crippen LogP) is 13.9. The molecule has 0 heterocycles. The molecule has 0 aliphatic heterocycles. The molecule has 256 valence electrons. The zero-order valence-corrected chi connectivity index (χ0v) is 29.9. The maximum atomic E-state index is 2.37. The van der Waals surface area contributed by atoms with Gasteiger partial charge < -0.3 is 9.80 Å². The molecular formula is C52H38N2. The third kappa shape index (κ3) is 5.88. The standard InChI is InChI=1S/C52H38N2/c1-5-13-43(14-6-1)53(44-15-7-2-8-16-44)47-25-29-51-41(35-47)33-39-31-37(23-27-49(39)51)21-22-38-24-28-50-40(32-38)34-42-36-48(26-30-52(42)50)54(45-17-9-3-10-18-45)46-19-11-4-12-20-46/h1-32,35-36H,33-34H2. The lowest BCUT2D eigenvalue weighted by molar-refractivity contribution is 1.23.